The van der Waals surface area contributed by atoms with Gasteiger partial charge in [0.25, 0.3) is 5.91 Å². The molecule has 1 saturated carbocycles. The van der Waals surface area contributed by atoms with Crippen molar-refractivity contribution < 1.29 is 4.79 Å². The first-order valence-electron chi connectivity index (χ1n) is 18.0. The number of amides is 1. The van der Waals surface area contributed by atoms with Crippen molar-refractivity contribution in [2.24, 2.45) is 5.92 Å². The first-order valence-corrected chi connectivity index (χ1v) is 18.0. The van der Waals surface area contributed by atoms with Gasteiger partial charge in [-0.3, -0.25) is 23.5 Å². The van der Waals surface area contributed by atoms with Gasteiger partial charge in [-0.05, 0) is 95.3 Å². The number of nitrogens with one attached hydrogen (secondary N) is 1. The van der Waals surface area contributed by atoms with E-state index in [-0.39, 0.29) is 5.91 Å². The van der Waals surface area contributed by atoms with Crippen LogP contribution in [0.4, 0.5) is 5.69 Å². The summed E-state index contributed by atoms with van der Waals surface area (Å²) in [7, 11) is 0. The van der Waals surface area contributed by atoms with E-state index in [0.717, 1.165) is 70.5 Å². The minimum atomic E-state index is -0.185. The largest absolute Gasteiger partial charge is 0.320 e. The number of pyridine rings is 1. The number of rotatable bonds is 11. The highest BCUT2D eigenvalue weighted by Gasteiger charge is 2.31. The summed E-state index contributed by atoms with van der Waals surface area (Å²) in [6.45, 7) is 21.2. The summed E-state index contributed by atoms with van der Waals surface area (Å²) < 4.78 is 5.75. The van der Waals surface area contributed by atoms with E-state index < -0.39 is 0 Å². The fourth-order valence-electron chi connectivity index (χ4n) is 6.49. The molecule has 1 aliphatic heterocycles. The number of fused-ring (bicyclic) bond motifs is 2. The van der Waals surface area contributed by atoms with Crippen LogP contribution in [0.2, 0.25) is 0 Å². The predicted octanol–water partition coefficient (Wildman–Crippen LogP) is 6.84. The first kappa shape index (κ1) is 33.9. The zero-order chi connectivity index (χ0) is 33.8. The number of aromatic nitrogens is 6. The third-order valence-electron chi connectivity index (χ3n) is 10.0. The number of imidazole rings is 1. The van der Waals surface area contributed by atoms with E-state index in [1.807, 2.05) is 63.4 Å². The van der Waals surface area contributed by atoms with Crippen LogP contribution in [0.1, 0.15) is 93.7 Å². The van der Waals surface area contributed by atoms with Crippen molar-refractivity contribution in [3.8, 4) is 0 Å². The highest BCUT2D eigenvalue weighted by molar-refractivity contribution is 6.09. The average Bonchev–Trinajstić information content (AvgIpc) is 3.51. The van der Waals surface area contributed by atoms with E-state index in [9.17, 15) is 4.79 Å². The van der Waals surface area contributed by atoms with Crippen LogP contribution in [-0.4, -0.2) is 83.4 Å². The van der Waals surface area contributed by atoms with Crippen molar-refractivity contribution in [1.82, 2.24) is 38.7 Å². The molecule has 2 fully saturated rings. The topological polar surface area (TPSA) is 88.5 Å². The summed E-state index contributed by atoms with van der Waals surface area (Å²) in [5, 5.41) is 13.7. The molecule has 0 spiro atoms. The Morgan fingerprint density at radius 1 is 1.00 bits per heavy atom. The van der Waals surface area contributed by atoms with E-state index in [0.29, 0.717) is 18.2 Å². The monoisotopic (exact) mass is 651 g/mol. The van der Waals surface area contributed by atoms with Crippen molar-refractivity contribution in [2.75, 3.05) is 38.0 Å². The molecule has 0 radical (unpaired) electrons. The smallest absolute Gasteiger partial charge is 0.274 e. The molecule has 48 heavy (non-hydrogen) atoms. The highest BCUT2D eigenvalue weighted by atomic mass is 16.2. The Hall–Kier alpha value is -4.02. The van der Waals surface area contributed by atoms with Gasteiger partial charge in [0.1, 0.15) is 11.3 Å². The quantitative estimate of drug-likeness (QED) is 0.168. The Kier molecular flexibility index (Phi) is 10.6. The van der Waals surface area contributed by atoms with Gasteiger partial charge in [-0.2, -0.15) is 10.2 Å². The molecule has 1 atom stereocenters. The number of hydrogen-bond acceptors (Lipinski definition) is 6. The van der Waals surface area contributed by atoms with E-state index in [4.69, 9.17) is 5.10 Å². The molecule has 4 aromatic heterocycles. The number of nitrogens with zero attached hydrogens (tertiary/aromatic N) is 8. The SMILES string of the molecule is CCC(C)CCN1CCN(C(C)C)CC1.CCn1ccc(Cn2nc(C3CC3)c3c(NC(=O)c4cnc5cc(C)ccn45)cccc32)n1. The number of piperazine rings is 1. The van der Waals surface area contributed by atoms with Gasteiger partial charge in [-0.1, -0.05) is 26.3 Å². The summed E-state index contributed by atoms with van der Waals surface area (Å²) in [6.07, 6.45) is 10.5. The van der Waals surface area contributed by atoms with Crippen molar-refractivity contribution in [3.63, 3.8) is 0 Å². The summed E-state index contributed by atoms with van der Waals surface area (Å²) >= 11 is 0. The molecular weight excluding hydrogens is 598 g/mol. The van der Waals surface area contributed by atoms with Gasteiger partial charge in [-0.15, -0.1) is 0 Å². The maximum Gasteiger partial charge on any atom is 0.274 e. The molecule has 10 heteroatoms. The number of aryl methyl sites for hydroxylation is 2. The van der Waals surface area contributed by atoms with Gasteiger partial charge < -0.3 is 10.2 Å². The van der Waals surface area contributed by atoms with Crippen molar-refractivity contribution in [3.05, 3.63) is 77.6 Å². The van der Waals surface area contributed by atoms with Crippen LogP contribution in [-0.2, 0) is 13.1 Å². The van der Waals surface area contributed by atoms with Crippen molar-refractivity contribution in [2.45, 2.75) is 92.3 Å². The second-order valence-corrected chi connectivity index (χ2v) is 14.0. The lowest BCUT2D eigenvalue weighted by atomic mass is 10.0. The van der Waals surface area contributed by atoms with Crippen LogP contribution >= 0.6 is 0 Å². The average molecular weight is 652 g/mol. The number of carbonyl (C=O) groups is 1. The summed E-state index contributed by atoms with van der Waals surface area (Å²) in [5.41, 5.74) is 6.20. The van der Waals surface area contributed by atoms with Crippen LogP contribution in [0.25, 0.3) is 16.6 Å². The Bertz CT molecular complexity index is 1820. The normalized spacial score (nSPS) is 16.4. The molecule has 1 N–H and O–H groups in total. The lowest BCUT2D eigenvalue weighted by Crippen LogP contribution is -2.49. The highest BCUT2D eigenvalue weighted by Crippen LogP contribution is 2.44. The van der Waals surface area contributed by atoms with E-state index in [2.05, 4.69) is 65.9 Å². The molecule has 1 aromatic carbocycles. The van der Waals surface area contributed by atoms with Gasteiger partial charge >= 0.3 is 0 Å². The third kappa shape index (κ3) is 7.81. The Labute approximate surface area is 285 Å². The molecule has 256 valence electrons. The molecule has 2 aliphatic rings. The molecule has 1 amide bonds. The number of benzene rings is 1. The fourth-order valence-corrected chi connectivity index (χ4v) is 6.49. The summed E-state index contributed by atoms with van der Waals surface area (Å²) in [5.74, 6) is 1.15. The molecule has 1 unspecified atom stereocenters. The maximum atomic E-state index is 13.2. The van der Waals surface area contributed by atoms with E-state index in [1.54, 1.807) is 6.20 Å². The Morgan fingerprint density at radius 3 is 2.48 bits per heavy atom. The molecular formula is C38H53N9O. The third-order valence-corrected chi connectivity index (χ3v) is 10.0. The number of hydrogen-bond donors (Lipinski definition) is 1. The fraction of sp³-hybridized carbons (Fsp3) is 0.526. The zero-order valence-electron chi connectivity index (χ0n) is 29.7. The van der Waals surface area contributed by atoms with E-state index in [1.165, 1.54) is 45.6 Å². The zero-order valence-corrected chi connectivity index (χ0v) is 29.7. The first-order chi connectivity index (χ1) is 23.2. The van der Waals surface area contributed by atoms with Crippen LogP contribution in [0.5, 0.6) is 0 Å². The van der Waals surface area contributed by atoms with Gasteiger partial charge in [0, 0.05) is 62.5 Å². The number of anilines is 1. The Morgan fingerprint density at radius 2 is 1.79 bits per heavy atom. The molecule has 1 saturated heterocycles. The molecule has 5 heterocycles. The molecule has 10 nitrogen and oxygen atoms in total. The minimum Gasteiger partial charge on any atom is -0.320 e. The lowest BCUT2D eigenvalue weighted by Gasteiger charge is -2.37. The van der Waals surface area contributed by atoms with Crippen molar-refractivity contribution in [1.29, 1.82) is 0 Å². The van der Waals surface area contributed by atoms with Crippen LogP contribution in [0, 0.1) is 12.8 Å². The predicted molar refractivity (Wildman–Crippen MR) is 194 cm³/mol. The van der Waals surface area contributed by atoms with Crippen LogP contribution < -0.4 is 5.32 Å². The lowest BCUT2D eigenvalue weighted by molar-refractivity contribution is 0.102. The van der Waals surface area contributed by atoms with Gasteiger partial charge in [-0.25, -0.2) is 4.98 Å². The molecule has 0 bridgehead atoms. The molecule has 5 aromatic rings. The Balaban J connectivity index is 0.000000226. The minimum absolute atomic E-state index is 0.185. The van der Waals surface area contributed by atoms with Gasteiger partial charge in [0.05, 0.1) is 35.3 Å². The number of carbonyl (C=O) groups excluding carboxylic acids is 1. The molecule has 7 rings (SSSR count). The van der Waals surface area contributed by atoms with Crippen molar-refractivity contribution >= 4 is 28.1 Å². The standard InChI is InChI=1S/C25H25N7O.C13H28N2/c1-3-30-11-10-18(28-30)15-32-20-6-4-5-19(23(20)24(29-32)17-7-8-17)27-25(33)21-14-26-22-13-16(2)9-12-31(21)22;1-5-13(4)6-7-14-8-10-15(11-9-14)12(2)3/h4-6,9-14,17H,3,7-8,15H2,1-2H3,(H,27,33);12-13H,5-11H2,1-4H3. The second kappa shape index (κ2) is 15.0. The van der Waals surface area contributed by atoms with Crippen LogP contribution in [0.3, 0.4) is 0 Å². The van der Waals surface area contributed by atoms with Gasteiger partial charge in [0.2, 0.25) is 0 Å². The van der Waals surface area contributed by atoms with E-state index >= 15 is 0 Å². The maximum absolute atomic E-state index is 13.2. The molecule has 1 aliphatic carbocycles. The summed E-state index contributed by atoms with van der Waals surface area (Å²) in [4.78, 5) is 22.8. The van der Waals surface area contributed by atoms with Gasteiger partial charge in [0.15, 0.2) is 0 Å². The summed E-state index contributed by atoms with van der Waals surface area (Å²) in [6, 6.07) is 12.7. The van der Waals surface area contributed by atoms with Crippen LogP contribution in [0.15, 0.2) is 55.0 Å². The second-order valence-electron chi connectivity index (χ2n) is 14.0.